The predicted octanol–water partition coefficient (Wildman–Crippen LogP) is 2.32. The Bertz CT molecular complexity index is 988. The number of likely N-dealkylation sites (tertiary alicyclic amines) is 1. The third kappa shape index (κ3) is 3.09. The van der Waals surface area contributed by atoms with Crippen LogP contribution in [0.15, 0.2) is 17.1 Å². The molecule has 0 saturated carbocycles. The van der Waals surface area contributed by atoms with Crippen molar-refractivity contribution in [1.29, 1.82) is 0 Å². The molecule has 0 radical (unpaired) electrons. The van der Waals surface area contributed by atoms with Crippen LogP contribution in [0.3, 0.4) is 0 Å². The summed E-state index contributed by atoms with van der Waals surface area (Å²) in [6.45, 7) is 4.25. The van der Waals surface area contributed by atoms with Gasteiger partial charge in [-0.15, -0.1) is 0 Å². The van der Waals surface area contributed by atoms with Crippen molar-refractivity contribution in [1.82, 2.24) is 14.7 Å². The molecule has 1 fully saturated rings. The molecule has 0 aliphatic carbocycles. The zero-order chi connectivity index (χ0) is 20.2. The van der Waals surface area contributed by atoms with Crippen LogP contribution in [0.25, 0.3) is 11.1 Å². The molecule has 1 N–H and O–H groups in total. The Morgan fingerprint density at radius 1 is 1.29 bits per heavy atom. The highest BCUT2D eigenvalue weighted by Gasteiger charge is 2.34. The lowest BCUT2D eigenvalue weighted by atomic mass is 9.93. The highest BCUT2D eigenvalue weighted by molar-refractivity contribution is 5.95. The van der Waals surface area contributed by atoms with Crippen LogP contribution < -0.4 is 0 Å². The molecule has 28 heavy (non-hydrogen) atoms. The molecule has 0 atom stereocenters. The Hall–Kier alpha value is -2.68. The van der Waals surface area contributed by atoms with Crippen LogP contribution in [0.4, 0.5) is 13.2 Å². The molecule has 0 bridgehead atoms. The van der Waals surface area contributed by atoms with E-state index >= 15 is 0 Å². The lowest BCUT2D eigenvalue weighted by Gasteiger charge is -2.35. The van der Waals surface area contributed by atoms with Gasteiger partial charge in [-0.05, 0) is 37.1 Å². The number of aryl methyl sites for hydroxylation is 1. The third-order valence-electron chi connectivity index (χ3n) is 5.23. The van der Waals surface area contributed by atoms with Crippen molar-refractivity contribution in [2.75, 3.05) is 13.1 Å². The van der Waals surface area contributed by atoms with Crippen molar-refractivity contribution in [3.63, 3.8) is 0 Å². The summed E-state index contributed by atoms with van der Waals surface area (Å²) in [7, 11) is 0. The van der Waals surface area contributed by atoms with Gasteiger partial charge in [-0.3, -0.25) is 14.5 Å². The summed E-state index contributed by atoms with van der Waals surface area (Å²) in [6, 6.07) is 2.27. The number of rotatable bonds is 3. The highest BCUT2D eigenvalue weighted by Crippen LogP contribution is 2.39. The van der Waals surface area contributed by atoms with Crippen LogP contribution >= 0.6 is 0 Å². The van der Waals surface area contributed by atoms with Gasteiger partial charge >= 0.3 is 6.18 Å². The Morgan fingerprint density at radius 3 is 2.64 bits per heavy atom. The molecule has 4 rings (SSSR count). The van der Waals surface area contributed by atoms with Crippen LogP contribution in [0.5, 0.6) is 0 Å². The number of fused-ring (bicyclic) bond motifs is 1. The molecule has 0 spiro atoms. The number of aliphatic hydroxyl groups excluding tert-OH is 1. The first-order valence-corrected chi connectivity index (χ1v) is 8.89. The minimum Gasteiger partial charge on any atom is -0.389 e. The van der Waals surface area contributed by atoms with Gasteiger partial charge in [0.15, 0.2) is 0 Å². The number of aliphatic imine (C=N–C) groups is 1. The van der Waals surface area contributed by atoms with Crippen LogP contribution in [0.2, 0.25) is 0 Å². The Balaban J connectivity index is 1.74. The normalized spacial score (nSPS) is 16.4. The fourth-order valence-electron chi connectivity index (χ4n) is 3.73. The van der Waals surface area contributed by atoms with E-state index in [9.17, 15) is 23.1 Å². The van der Waals surface area contributed by atoms with Crippen LogP contribution in [-0.4, -0.2) is 51.1 Å². The first-order chi connectivity index (χ1) is 13.1. The number of β-amino-alcohol motifs (C(OH)–C–C–N with tert-alkyl or cyclic N) is 1. The fourth-order valence-corrected chi connectivity index (χ4v) is 3.73. The van der Waals surface area contributed by atoms with Crippen LogP contribution in [0.1, 0.15) is 28.1 Å². The lowest BCUT2D eigenvalue weighted by Crippen LogP contribution is -2.54. The second-order valence-corrected chi connectivity index (χ2v) is 7.22. The number of amides is 1. The van der Waals surface area contributed by atoms with Crippen molar-refractivity contribution in [2.24, 2.45) is 4.99 Å². The molecule has 1 aromatic heterocycles. The van der Waals surface area contributed by atoms with Gasteiger partial charge in [0.05, 0.1) is 23.9 Å². The molecule has 9 heteroatoms. The number of hydrogen-bond donors (Lipinski definition) is 1. The van der Waals surface area contributed by atoms with E-state index in [0.717, 1.165) is 12.1 Å². The number of carbonyl (C=O) groups excluding carboxylic acids is 1. The van der Waals surface area contributed by atoms with E-state index in [1.54, 1.807) is 20.1 Å². The van der Waals surface area contributed by atoms with Crippen molar-refractivity contribution in [2.45, 2.75) is 39.2 Å². The van der Waals surface area contributed by atoms with E-state index in [-0.39, 0.29) is 19.0 Å². The molecule has 3 heterocycles. The second kappa shape index (κ2) is 6.44. The summed E-state index contributed by atoms with van der Waals surface area (Å²) >= 11 is 0. The number of hydrogen-bond acceptors (Lipinski definition) is 4. The Kier molecular flexibility index (Phi) is 4.29. The van der Waals surface area contributed by atoms with E-state index in [2.05, 4.69) is 10.1 Å². The first-order valence-electron chi connectivity index (χ1n) is 8.89. The largest absolute Gasteiger partial charge is 0.416 e. The van der Waals surface area contributed by atoms with E-state index < -0.39 is 17.8 Å². The molecule has 6 nitrogen and oxygen atoms in total. The standard InChI is InChI=1S/C19H19F3N4O2/c1-10-18(11(2)26(24-10)9-17(28)25-7-14(27)8-25)15-4-13(19(20,21)22)3-12-5-23-6-16(12)15/h3-4,6,14,27H,5,7-9H2,1-2H3. The monoisotopic (exact) mass is 392 g/mol. The summed E-state index contributed by atoms with van der Waals surface area (Å²) < 4.78 is 41.6. The number of carbonyl (C=O) groups is 1. The van der Waals surface area contributed by atoms with E-state index in [4.69, 9.17) is 0 Å². The number of aromatic nitrogens is 2. The topological polar surface area (TPSA) is 70.7 Å². The van der Waals surface area contributed by atoms with Gasteiger partial charge in [-0.2, -0.15) is 18.3 Å². The number of halogens is 3. The van der Waals surface area contributed by atoms with Gasteiger partial charge in [-0.25, -0.2) is 0 Å². The van der Waals surface area contributed by atoms with Gasteiger partial charge < -0.3 is 10.0 Å². The Labute approximate surface area is 159 Å². The van der Waals surface area contributed by atoms with Crippen LogP contribution in [-0.2, 0) is 24.1 Å². The maximum atomic E-state index is 13.4. The van der Waals surface area contributed by atoms with E-state index in [1.165, 1.54) is 9.58 Å². The van der Waals surface area contributed by atoms with E-state index in [1.807, 2.05) is 0 Å². The quantitative estimate of drug-likeness (QED) is 0.872. The maximum Gasteiger partial charge on any atom is 0.416 e. The molecular formula is C19H19F3N4O2. The first kappa shape index (κ1) is 18.7. The van der Waals surface area contributed by atoms with E-state index in [0.29, 0.717) is 46.7 Å². The van der Waals surface area contributed by atoms with Gasteiger partial charge in [0, 0.05) is 36.1 Å². The summed E-state index contributed by atoms with van der Waals surface area (Å²) in [5.74, 6) is -0.182. The number of nitrogens with zero attached hydrogens (tertiary/aromatic N) is 4. The second-order valence-electron chi connectivity index (χ2n) is 7.22. The lowest BCUT2D eigenvalue weighted by molar-refractivity contribution is -0.142. The van der Waals surface area contributed by atoms with Crippen LogP contribution in [0, 0.1) is 13.8 Å². The molecule has 1 saturated heterocycles. The third-order valence-corrected chi connectivity index (χ3v) is 5.23. The van der Waals surface area contributed by atoms with Gasteiger partial charge in [0.1, 0.15) is 6.54 Å². The summed E-state index contributed by atoms with van der Waals surface area (Å²) in [5, 5.41) is 13.7. The van der Waals surface area contributed by atoms with Crippen molar-refractivity contribution in [3.8, 4) is 11.1 Å². The summed E-state index contributed by atoms with van der Waals surface area (Å²) in [4.78, 5) is 17.9. The number of benzene rings is 1. The minimum absolute atomic E-state index is 0.0192. The van der Waals surface area contributed by atoms with Crippen molar-refractivity contribution in [3.05, 3.63) is 40.2 Å². The van der Waals surface area contributed by atoms with Gasteiger partial charge in [-0.1, -0.05) is 0 Å². The average Bonchev–Trinajstić information content (AvgIpc) is 3.15. The SMILES string of the molecule is Cc1nn(CC(=O)N2CC(O)C2)c(C)c1-c1cc(C(F)(F)F)cc2c1C=NC2. The average molecular weight is 392 g/mol. The van der Waals surface area contributed by atoms with Crippen molar-refractivity contribution >= 4 is 12.1 Å². The van der Waals surface area contributed by atoms with Gasteiger partial charge in [0.25, 0.3) is 0 Å². The minimum atomic E-state index is -4.46. The fraction of sp³-hybridized carbons (Fsp3) is 0.421. The predicted molar refractivity (Wildman–Crippen MR) is 96.0 cm³/mol. The zero-order valence-electron chi connectivity index (χ0n) is 15.4. The molecular weight excluding hydrogens is 373 g/mol. The highest BCUT2D eigenvalue weighted by atomic mass is 19.4. The molecule has 1 aromatic carbocycles. The summed E-state index contributed by atoms with van der Waals surface area (Å²) in [6.07, 6.45) is -3.36. The molecule has 0 unspecified atom stereocenters. The van der Waals surface area contributed by atoms with Gasteiger partial charge in [0.2, 0.25) is 5.91 Å². The number of alkyl halides is 3. The molecule has 148 valence electrons. The molecule has 2 aromatic rings. The summed E-state index contributed by atoms with van der Waals surface area (Å²) in [5.41, 5.74) is 2.66. The molecule has 2 aliphatic heterocycles. The van der Waals surface area contributed by atoms with Crippen molar-refractivity contribution < 1.29 is 23.1 Å². The maximum absolute atomic E-state index is 13.4. The molecule has 1 amide bonds. The molecule has 2 aliphatic rings. The zero-order valence-corrected chi connectivity index (χ0v) is 15.4. The Morgan fingerprint density at radius 2 is 2.00 bits per heavy atom. The number of aliphatic hydroxyl groups is 1. The smallest absolute Gasteiger partial charge is 0.389 e.